The molecule has 0 radical (unpaired) electrons. The highest BCUT2D eigenvalue weighted by Gasteiger charge is 2.68. The lowest BCUT2D eigenvalue weighted by molar-refractivity contribution is -0.147. The van der Waals surface area contributed by atoms with E-state index in [4.69, 9.17) is 14.7 Å². The fourth-order valence-corrected chi connectivity index (χ4v) is 6.02. The van der Waals surface area contributed by atoms with Gasteiger partial charge in [0.05, 0.1) is 36.0 Å². The Morgan fingerprint density at radius 1 is 1.10 bits per heavy atom. The van der Waals surface area contributed by atoms with Crippen LogP contribution in [0.1, 0.15) is 62.1 Å². The van der Waals surface area contributed by atoms with Crippen LogP contribution in [-0.2, 0) is 5.41 Å². The first-order valence-electron chi connectivity index (χ1n) is 11.4. The summed E-state index contributed by atoms with van der Waals surface area (Å²) in [7, 11) is 0. The third kappa shape index (κ3) is 2.76. The summed E-state index contributed by atoms with van der Waals surface area (Å²) < 4.78 is 8.18. The molecule has 2 bridgehead atoms. The zero-order valence-electron chi connectivity index (χ0n) is 18.7. The summed E-state index contributed by atoms with van der Waals surface area (Å²) >= 11 is 0. The van der Waals surface area contributed by atoms with E-state index in [2.05, 4.69) is 26.9 Å². The standard InChI is InChI=1S/C23H29N7O/c1-5-22-11-23(12-22,13-22)20-24-8-17(9-25-20)29-7-6-18(10-29)31-19-14(2)26-21-27-16(4)28-30(21)15(19)3/h8-9,18H,5-7,10-13H2,1-4H3/t18-,22?,23?/m1/s1. The molecule has 1 saturated heterocycles. The molecule has 8 heteroatoms. The summed E-state index contributed by atoms with van der Waals surface area (Å²) in [5.74, 6) is 3.20. The van der Waals surface area contributed by atoms with E-state index in [1.54, 1.807) is 4.52 Å². The molecule has 7 rings (SSSR count). The molecule has 0 spiro atoms. The number of hydrogen-bond acceptors (Lipinski definition) is 7. The molecule has 4 heterocycles. The number of ether oxygens (including phenoxy) is 1. The minimum Gasteiger partial charge on any atom is -0.485 e. The molecule has 3 saturated carbocycles. The van der Waals surface area contributed by atoms with Crippen LogP contribution < -0.4 is 9.64 Å². The Balaban J connectivity index is 1.15. The first kappa shape index (κ1) is 19.0. The second-order valence-electron chi connectivity index (χ2n) is 9.89. The fraction of sp³-hybridized carbons (Fsp3) is 0.609. The maximum Gasteiger partial charge on any atom is 0.253 e. The van der Waals surface area contributed by atoms with Crippen molar-refractivity contribution in [3.63, 3.8) is 0 Å². The van der Waals surface area contributed by atoms with Crippen molar-refractivity contribution in [3.05, 3.63) is 35.4 Å². The normalized spacial score (nSPS) is 29.2. The van der Waals surface area contributed by atoms with Gasteiger partial charge in [0, 0.05) is 18.4 Å². The number of aromatic nitrogens is 6. The van der Waals surface area contributed by atoms with Gasteiger partial charge in [0.1, 0.15) is 17.8 Å². The Morgan fingerprint density at radius 2 is 1.84 bits per heavy atom. The highest BCUT2D eigenvalue weighted by atomic mass is 16.5. The fourth-order valence-electron chi connectivity index (χ4n) is 6.02. The zero-order valence-corrected chi connectivity index (χ0v) is 18.7. The average molecular weight is 420 g/mol. The van der Waals surface area contributed by atoms with Gasteiger partial charge in [-0.15, -0.1) is 5.10 Å². The van der Waals surface area contributed by atoms with Gasteiger partial charge in [-0.2, -0.15) is 9.50 Å². The number of hydrogen-bond donors (Lipinski definition) is 0. The van der Waals surface area contributed by atoms with Crippen molar-refractivity contribution in [3.8, 4) is 5.75 Å². The van der Waals surface area contributed by atoms with Crippen molar-refractivity contribution >= 4 is 11.5 Å². The van der Waals surface area contributed by atoms with E-state index in [0.29, 0.717) is 17.0 Å². The summed E-state index contributed by atoms with van der Waals surface area (Å²) in [4.78, 5) is 20.8. The topological polar surface area (TPSA) is 81.3 Å². The van der Waals surface area contributed by atoms with Crippen LogP contribution in [0.25, 0.3) is 5.78 Å². The minimum atomic E-state index is 0.1000. The number of anilines is 1. The third-order valence-electron chi connectivity index (χ3n) is 7.74. The third-order valence-corrected chi connectivity index (χ3v) is 7.74. The lowest BCUT2D eigenvalue weighted by atomic mass is 9.34. The number of nitrogens with zero attached hydrogens (tertiary/aromatic N) is 7. The van der Waals surface area contributed by atoms with Gasteiger partial charge in [0.2, 0.25) is 0 Å². The monoisotopic (exact) mass is 419 g/mol. The van der Waals surface area contributed by atoms with Gasteiger partial charge in [-0.25, -0.2) is 15.0 Å². The van der Waals surface area contributed by atoms with Gasteiger partial charge in [-0.3, -0.25) is 0 Å². The predicted octanol–water partition coefficient (Wildman–Crippen LogP) is 3.33. The Morgan fingerprint density at radius 3 is 2.55 bits per heavy atom. The molecule has 0 amide bonds. The molecule has 0 aromatic carbocycles. The second kappa shape index (κ2) is 6.37. The molecule has 3 aromatic rings. The van der Waals surface area contributed by atoms with Gasteiger partial charge in [-0.1, -0.05) is 13.3 Å². The Kier molecular flexibility index (Phi) is 3.90. The summed E-state index contributed by atoms with van der Waals surface area (Å²) in [6.07, 6.45) is 10.2. The Bertz CT molecular complexity index is 1150. The molecule has 8 nitrogen and oxygen atoms in total. The van der Waals surface area contributed by atoms with E-state index in [-0.39, 0.29) is 11.5 Å². The molecule has 3 aliphatic carbocycles. The Labute approximate surface area is 182 Å². The van der Waals surface area contributed by atoms with E-state index in [0.717, 1.165) is 48.2 Å². The van der Waals surface area contributed by atoms with Crippen LogP contribution in [-0.4, -0.2) is 48.7 Å². The molecular formula is C23H29N7O. The molecule has 4 fully saturated rings. The van der Waals surface area contributed by atoms with Crippen molar-refractivity contribution in [2.75, 3.05) is 18.0 Å². The molecule has 4 aliphatic rings. The van der Waals surface area contributed by atoms with Crippen LogP contribution in [0.2, 0.25) is 0 Å². The van der Waals surface area contributed by atoms with E-state index in [1.807, 2.05) is 33.2 Å². The molecule has 3 aromatic heterocycles. The highest BCUT2D eigenvalue weighted by molar-refractivity contribution is 5.45. The number of fused-ring (bicyclic) bond motifs is 1. The molecule has 0 N–H and O–H groups in total. The van der Waals surface area contributed by atoms with Crippen molar-refractivity contribution in [1.82, 2.24) is 29.5 Å². The smallest absolute Gasteiger partial charge is 0.253 e. The maximum atomic E-state index is 6.41. The van der Waals surface area contributed by atoms with Crippen LogP contribution in [0.3, 0.4) is 0 Å². The maximum absolute atomic E-state index is 6.41. The molecule has 31 heavy (non-hydrogen) atoms. The van der Waals surface area contributed by atoms with E-state index in [1.165, 1.54) is 25.7 Å². The molecule has 1 aliphatic heterocycles. The van der Waals surface area contributed by atoms with Crippen LogP contribution >= 0.6 is 0 Å². The summed E-state index contributed by atoms with van der Waals surface area (Å²) in [5, 5.41) is 4.44. The number of rotatable bonds is 5. The largest absolute Gasteiger partial charge is 0.485 e. The number of aryl methyl sites for hydroxylation is 3. The van der Waals surface area contributed by atoms with Gasteiger partial charge in [0.25, 0.3) is 5.78 Å². The first-order chi connectivity index (χ1) is 14.9. The summed E-state index contributed by atoms with van der Waals surface area (Å²) in [6, 6.07) is 0. The quantitative estimate of drug-likeness (QED) is 0.627. The van der Waals surface area contributed by atoms with Crippen molar-refractivity contribution in [2.24, 2.45) is 5.41 Å². The zero-order chi connectivity index (χ0) is 21.4. The van der Waals surface area contributed by atoms with E-state index < -0.39 is 0 Å². The molecule has 0 unspecified atom stereocenters. The van der Waals surface area contributed by atoms with Gasteiger partial charge >= 0.3 is 0 Å². The second-order valence-corrected chi connectivity index (χ2v) is 9.89. The highest BCUT2D eigenvalue weighted by Crippen LogP contribution is 2.74. The molecular weight excluding hydrogens is 390 g/mol. The van der Waals surface area contributed by atoms with Crippen molar-refractivity contribution < 1.29 is 4.74 Å². The summed E-state index contributed by atoms with van der Waals surface area (Å²) in [6.45, 7) is 9.93. The lowest BCUT2D eigenvalue weighted by Crippen LogP contribution is -2.64. The Hall–Kier alpha value is -2.77. The minimum absolute atomic E-state index is 0.1000. The summed E-state index contributed by atoms with van der Waals surface area (Å²) in [5.41, 5.74) is 3.77. The van der Waals surface area contributed by atoms with Crippen LogP contribution in [0.4, 0.5) is 5.69 Å². The van der Waals surface area contributed by atoms with Crippen LogP contribution in [0, 0.1) is 26.2 Å². The van der Waals surface area contributed by atoms with Gasteiger partial charge in [-0.05, 0) is 45.4 Å². The van der Waals surface area contributed by atoms with Crippen molar-refractivity contribution in [1.29, 1.82) is 0 Å². The van der Waals surface area contributed by atoms with E-state index in [9.17, 15) is 0 Å². The first-order valence-corrected chi connectivity index (χ1v) is 11.4. The SMILES string of the molecule is CCC12CC(c3ncc(N4CC[C@@H](Oc5c(C)nc6nc(C)nn6c5C)C4)cn3)(C1)C2. The van der Waals surface area contributed by atoms with Crippen LogP contribution in [0.15, 0.2) is 12.4 Å². The predicted molar refractivity (Wildman–Crippen MR) is 117 cm³/mol. The molecule has 1 atom stereocenters. The van der Waals surface area contributed by atoms with E-state index >= 15 is 0 Å². The molecule has 162 valence electrons. The lowest BCUT2D eigenvalue weighted by Gasteiger charge is -2.70. The van der Waals surface area contributed by atoms with Gasteiger partial charge < -0.3 is 9.64 Å². The van der Waals surface area contributed by atoms with Crippen LogP contribution in [0.5, 0.6) is 5.75 Å². The average Bonchev–Trinajstić information content (AvgIpc) is 3.30. The van der Waals surface area contributed by atoms with Gasteiger partial charge in [0.15, 0.2) is 5.75 Å². The van der Waals surface area contributed by atoms with Crippen molar-refractivity contribution in [2.45, 2.75) is 71.3 Å².